The van der Waals surface area contributed by atoms with Crippen molar-refractivity contribution in [1.82, 2.24) is 16.2 Å². The number of urea groups is 1. The highest BCUT2D eigenvalue weighted by atomic mass is 79.9. The number of amides is 3. The van der Waals surface area contributed by atoms with Crippen LogP contribution in [0.5, 0.6) is 0 Å². The van der Waals surface area contributed by atoms with Gasteiger partial charge < -0.3 is 11.1 Å². The first kappa shape index (κ1) is 15.5. The average molecular weight is 329 g/mol. The molecule has 0 bridgehead atoms. The Morgan fingerprint density at radius 1 is 1.32 bits per heavy atom. The molecule has 1 aromatic carbocycles. The second kappa shape index (κ2) is 7.75. The summed E-state index contributed by atoms with van der Waals surface area (Å²) < 4.78 is 0.910. The van der Waals surface area contributed by atoms with Gasteiger partial charge in [-0.25, -0.2) is 10.2 Å². The highest BCUT2D eigenvalue weighted by molar-refractivity contribution is 9.10. The molecule has 0 aliphatic heterocycles. The molecular weight excluding hydrogens is 312 g/mol. The quantitative estimate of drug-likeness (QED) is 0.621. The molecule has 0 saturated heterocycles. The molecule has 0 fully saturated rings. The largest absolute Gasteiger partial charge is 0.333 e. The van der Waals surface area contributed by atoms with E-state index in [0.717, 1.165) is 10.0 Å². The molecule has 0 aliphatic rings. The third-order valence-corrected chi connectivity index (χ3v) is 3.25. The minimum Gasteiger partial charge on any atom is -0.333 e. The summed E-state index contributed by atoms with van der Waals surface area (Å²) in [6.45, 7) is 2.14. The molecule has 0 heterocycles. The summed E-state index contributed by atoms with van der Waals surface area (Å²) in [4.78, 5) is 22.8. The number of halogens is 1. The summed E-state index contributed by atoms with van der Waals surface area (Å²) in [5.41, 5.74) is 10.9. The Balaban J connectivity index is 2.33. The van der Waals surface area contributed by atoms with Gasteiger partial charge in [-0.05, 0) is 18.1 Å². The van der Waals surface area contributed by atoms with E-state index in [0.29, 0.717) is 13.0 Å². The van der Waals surface area contributed by atoms with E-state index in [-0.39, 0.29) is 0 Å². The Hall–Kier alpha value is -1.60. The Bertz CT molecular complexity index is 453. The van der Waals surface area contributed by atoms with Gasteiger partial charge >= 0.3 is 6.03 Å². The third-order valence-electron chi connectivity index (χ3n) is 2.47. The van der Waals surface area contributed by atoms with Crippen molar-refractivity contribution in [2.45, 2.75) is 25.9 Å². The monoisotopic (exact) mass is 328 g/mol. The highest BCUT2D eigenvalue weighted by Gasteiger charge is 2.11. The Morgan fingerprint density at radius 2 is 2.00 bits per heavy atom. The molecule has 0 aromatic heterocycles. The van der Waals surface area contributed by atoms with Crippen LogP contribution in [0.1, 0.15) is 18.9 Å². The van der Waals surface area contributed by atoms with Crippen LogP contribution in [-0.2, 0) is 11.3 Å². The maximum absolute atomic E-state index is 11.4. The lowest BCUT2D eigenvalue weighted by atomic mass is 10.2. The molecular formula is C12H17BrN4O2. The zero-order valence-corrected chi connectivity index (χ0v) is 12.2. The van der Waals surface area contributed by atoms with Crippen molar-refractivity contribution in [3.05, 3.63) is 34.3 Å². The minimum atomic E-state index is -0.622. The molecule has 1 rings (SSSR count). The number of hydrogen-bond acceptors (Lipinski definition) is 3. The first-order valence-electron chi connectivity index (χ1n) is 5.87. The summed E-state index contributed by atoms with van der Waals surface area (Å²) in [5.74, 6) is -0.418. The summed E-state index contributed by atoms with van der Waals surface area (Å²) in [7, 11) is 0. The van der Waals surface area contributed by atoms with Crippen LogP contribution in [0.4, 0.5) is 4.79 Å². The van der Waals surface area contributed by atoms with Crippen LogP contribution in [-0.4, -0.2) is 18.0 Å². The first-order chi connectivity index (χ1) is 9.04. The van der Waals surface area contributed by atoms with Crippen molar-refractivity contribution in [3.63, 3.8) is 0 Å². The van der Waals surface area contributed by atoms with Gasteiger partial charge in [0.1, 0.15) is 0 Å². The van der Waals surface area contributed by atoms with Crippen molar-refractivity contribution in [3.8, 4) is 0 Å². The molecule has 0 radical (unpaired) electrons. The van der Waals surface area contributed by atoms with Crippen LogP contribution < -0.4 is 21.9 Å². The minimum absolute atomic E-state index is 0.350. The first-order valence-corrected chi connectivity index (χ1v) is 6.66. The Kier molecular flexibility index (Phi) is 6.31. The molecule has 0 spiro atoms. The van der Waals surface area contributed by atoms with Crippen molar-refractivity contribution in [2.24, 2.45) is 5.73 Å². The van der Waals surface area contributed by atoms with Crippen molar-refractivity contribution >= 4 is 27.9 Å². The van der Waals surface area contributed by atoms with Crippen molar-refractivity contribution in [2.75, 3.05) is 0 Å². The van der Waals surface area contributed by atoms with Gasteiger partial charge in [0.15, 0.2) is 0 Å². The summed E-state index contributed by atoms with van der Waals surface area (Å²) in [6, 6.07) is 6.42. The van der Waals surface area contributed by atoms with Crippen LogP contribution in [0.2, 0.25) is 0 Å². The number of carbonyl (C=O) groups is 2. The Morgan fingerprint density at radius 3 is 2.63 bits per heavy atom. The third kappa shape index (κ3) is 5.27. The van der Waals surface area contributed by atoms with Gasteiger partial charge in [0.05, 0.1) is 6.04 Å². The van der Waals surface area contributed by atoms with E-state index in [4.69, 9.17) is 5.73 Å². The van der Waals surface area contributed by atoms with Gasteiger partial charge in [-0.2, -0.15) is 0 Å². The fraction of sp³-hybridized carbons (Fsp3) is 0.333. The number of hydrazine groups is 1. The maximum Gasteiger partial charge on any atom is 0.333 e. The molecule has 0 aliphatic carbocycles. The summed E-state index contributed by atoms with van der Waals surface area (Å²) in [6.07, 6.45) is 0.506. The second-order valence-corrected chi connectivity index (χ2v) is 4.76. The van der Waals surface area contributed by atoms with E-state index in [1.165, 1.54) is 0 Å². The normalized spacial score (nSPS) is 11.5. The molecule has 6 nitrogen and oxygen atoms in total. The van der Waals surface area contributed by atoms with Gasteiger partial charge in [-0.15, -0.1) is 0 Å². The van der Waals surface area contributed by atoms with E-state index < -0.39 is 18.0 Å². The lowest BCUT2D eigenvalue weighted by Gasteiger charge is -2.12. The SMILES string of the molecule is CC[C@@H](N)C(=O)NNC(=O)NCc1ccccc1Br. The number of nitrogens with two attached hydrogens (primary N) is 1. The predicted molar refractivity (Wildman–Crippen MR) is 75.9 cm³/mol. The van der Waals surface area contributed by atoms with Gasteiger partial charge in [0.25, 0.3) is 5.91 Å². The van der Waals surface area contributed by atoms with Crippen LogP contribution in [0.15, 0.2) is 28.7 Å². The molecule has 1 atom stereocenters. The molecule has 3 amide bonds. The van der Waals surface area contributed by atoms with Gasteiger partial charge in [0, 0.05) is 11.0 Å². The predicted octanol–water partition coefficient (Wildman–Crippen LogP) is 1.02. The summed E-state index contributed by atoms with van der Waals surface area (Å²) in [5, 5.41) is 2.62. The highest BCUT2D eigenvalue weighted by Crippen LogP contribution is 2.14. The zero-order valence-electron chi connectivity index (χ0n) is 10.6. The number of nitrogens with one attached hydrogen (secondary N) is 3. The van der Waals surface area contributed by atoms with Gasteiger partial charge in [-0.3, -0.25) is 10.2 Å². The molecule has 0 unspecified atom stereocenters. The molecule has 104 valence electrons. The van der Waals surface area contributed by atoms with Crippen LogP contribution >= 0.6 is 15.9 Å². The van der Waals surface area contributed by atoms with E-state index in [2.05, 4.69) is 32.1 Å². The number of benzene rings is 1. The molecule has 1 aromatic rings. The Labute approximate surface area is 120 Å². The van der Waals surface area contributed by atoms with Gasteiger partial charge in [-0.1, -0.05) is 41.1 Å². The lowest BCUT2D eigenvalue weighted by molar-refractivity contribution is -0.123. The fourth-order valence-corrected chi connectivity index (χ4v) is 1.68. The van der Waals surface area contributed by atoms with E-state index >= 15 is 0 Å². The van der Waals surface area contributed by atoms with E-state index in [1.807, 2.05) is 24.3 Å². The topological polar surface area (TPSA) is 96.2 Å². The average Bonchev–Trinajstić information content (AvgIpc) is 2.42. The molecule has 5 N–H and O–H groups in total. The van der Waals surface area contributed by atoms with Crippen LogP contribution in [0.3, 0.4) is 0 Å². The molecule has 7 heteroatoms. The fourth-order valence-electron chi connectivity index (χ4n) is 1.26. The number of rotatable bonds is 4. The number of hydrogen-bond donors (Lipinski definition) is 4. The smallest absolute Gasteiger partial charge is 0.333 e. The maximum atomic E-state index is 11.4. The molecule has 0 saturated carbocycles. The molecule has 19 heavy (non-hydrogen) atoms. The van der Waals surface area contributed by atoms with Crippen LogP contribution in [0.25, 0.3) is 0 Å². The zero-order chi connectivity index (χ0) is 14.3. The van der Waals surface area contributed by atoms with Gasteiger partial charge in [0.2, 0.25) is 0 Å². The van der Waals surface area contributed by atoms with E-state index in [9.17, 15) is 9.59 Å². The van der Waals surface area contributed by atoms with Crippen molar-refractivity contribution < 1.29 is 9.59 Å². The number of carbonyl (C=O) groups excluding carboxylic acids is 2. The van der Waals surface area contributed by atoms with Crippen molar-refractivity contribution in [1.29, 1.82) is 0 Å². The van der Waals surface area contributed by atoms with E-state index in [1.54, 1.807) is 6.92 Å². The lowest BCUT2D eigenvalue weighted by Crippen LogP contribution is -2.51. The summed E-state index contributed by atoms with van der Waals surface area (Å²) >= 11 is 3.38. The second-order valence-electron chi connectivity index (χ2n) is 3.90. The van der Waals surface area contributed by atoms with Crippen LogP contribution in [0, 0.1) is 0 Å². The standard InChI is InChI=1S/C12H17BrN4O2/c1-2-10(14)11(18)16-17-12(19)15-7-8-5-3-4-6-9(8)13/h3-6,10H,2,7,14H2,1H3,(H,16,18)(H2,15,17,19)/t10-/m1/s1.